The van der Waals surface area contributed by atoms with Crippen molar-refractivity contribution in [1.29, 1.82) is 0 Å². The molecule has 1 amide bonds. The number of ether oxygens (including phenoxy) is 1. The molecule has 1 saturated heterocycles. The quantitative estimate of drug-likeness (QED) is 0.492. The number of hydrogen-bond donors (Lipinski definition) is 1. The second kappa shape index (κ2) is 10.1. The van der Waals surface area contributed by atoms with E-state index < -0.39 is 0 Å². The maximum Gasteiger partial charge on any atom is 0.277 e. The Hall–Kier alpha value is -2.71. The highest BCUT2D eigenvalue weighted by Crippen LogP contribution is 2.31. The van der Waals surface area contributed by atoms with Crippen LogP contribution in [0, 0.1) is 0 Å². The van der Waals surface area contributed by atoms with Crippen LogP contribution in [0.1, 0.15) is 19.3 Å². The van der Waals surface area contributed by atoms with E-state index in [9.17, 15) is 4.79 Å². The number of methoxy groups -OCH3 is 1. The Labute approximate surface area is 190 Å². The second-order valence-corrected chi connectivity index (χ2v) is 8.49. The van der Waals surface area contributed by atoms with Crippen molar-refractivity contribution in [2.45, 2.75) is 24.5 Å². The topological polar surface area (TPSA) is 80.5 Å². The predicted octanol–water partition coefficient (Wildman–Crippen LogP) is 5.12. The van der Waals surface area contributed by atoms with Crippen molar-refractivity contribution in [3.8, 4) is 17.2 Å². The summed E-state index contributed by atoms with van der Waals surface area (Å²) < 4.78 is 10.8. The van der Waals surface area contributed by atoms with Crippen LogP contribution >= 0.6 is 23.4 Å². The normalized spacial score (nSPS) is 13.8. The van der Waals surface area contributed by atoms with E-state index in [1.165, 1.54) is 31.0 Å². The molecule has 3 aromatic rings. The van der Waals surface area contributed by atoms with Gasteiger partial charge in [0.1, 0.15) is 5.75 Å². The number of carbonyl (C=O) groups excluding carboxylic acids is 1. The van der Waals surface area contributed by atoms with Crippen molar-refractivity contribution in [2.24, 2.45) is 0 Å². The molecule has 0 bridgehead atoms. The van der Waals surface area contributed by atoms with Gasteiger partial charge in [0.05, 0.1) is 23.6 Å². The van der Waals surface area contributed by atoms with Crippen LogP contribution in [0.4, 0.5) is 11.4 Å². The molecular formula is C22H23ClN4O3S. The van der Waals surface area contributed by atoms with Gasteiger partial charge in [-0.25, -0.2) is 0 Å². The van der Waals surface area contributed by atoms with Crippen LogP contribution in [0.5, 0.6) is 5.75 Å². The van der Waals surface area contributed by atoms with E-state index >= 15 is 0 Å². The lowest BCUT2D eigenvalue weighted by molar-refractivity contribution is -0.113. The molecule has 0 atom stereocenters. The average Bonchev–Trinajstić information content (AvgIpc) is 3.28. The number of piperidine rings is 1. The second-order valence-electron chi connectivity index (χ2n) is 7.15. The summed E-state index contributed by atoms with van der Waals surface area (Å²) in [7, 11) is 1.61. The van der Waals surface area contributed by atoms with Gasteiger partial charge in [0.15, 0.2) is 0 Å². The third kappa shape index (κ3) is 5.51. The lowest BCUT2D eigenvalue weighted by Gasteiger charge is -2.29. The number of nitrogens with one attached hydrogen (secondary N) is 1. The van der Waals surface area contributed by atoms with Crippen LogP contribution in [0.15, 0.2) is 52.1 Å². The zero-order valence-corrected chi connectivity index (χ0v) is 18.7. The summed E-state index contributed by atoms with van der Waals surface area (Å²) in [6.45, 7) is 2.04. The summed E-state index contributed by atoms with van der Waals surface area (Å²) in [5.74, 6) is 1.12. The maximum atomic E-state index is 12.3. The summed E-state index contributed by atoms with van der Waals surface area (Å²) in [6.07, 6.45) is 3.63. The molecule has 1 aliphatic heterocycles. The van der Waals surface area contributed by atoms with Crippen LogP contribution in [0.3, 0.4) is 0 Å². The van der Waals surface area contributed by atoms with Gasteiger partial charge in [-0.1, -0.05) is 23.4 Å². The number of thioether (sulfide) groups is 1. The van der Waals surface area contributed by atoms with Crippen molar-refractivity contribution in [3.63, 3.8) is 0 Å². The Bertz CT molecular complexity index is 1040. The van der Waals surface area contributed by atoms with Gasteiger partial charge in [0.2, 0.25) is 11.8 Å². The third-order valence-electron chi connectivity index (χ3n) is 5.00. The predicted molar refractivity (Wildman–Crippen MR) is 123 cm³/mol. The number of aromatic nitrogens is 2. The molecule has 7 nitrogen and oxygen atoms in total. The fourth-order valence-corrected chi connectivity index (χ4v) is 4.28. The molecule has 0 unspecified atom stereocenters. The van der Waals surface area contributed by atoms with Crippen molar-refractivity contribution in [1.82, 2.24) is 10.2 Å². The number of hydrogen-bond acceptors (Lipinski definition) is 7. The Kier molecular flexibility index (Phi) is 6.99. The summed E-state index contributed by atoms with van der Waals surface area (Å²) >= 11 is 7.64. The first-order chi connectivity index (χ1) is 15.1. The molecule has 0 aliphatic carbocycles. The van der Waals surface area contributed by atoms with E-state index in [4.69, 9.17) is 20.8 Å². The Morgan fingerprint density at radius 1 is 1.16 bits per heavy atom. The van der Waals surface area contributed by atoms with Crippen LogP contribution in [-0.2, 0) is 4.79 Å². The maximum absolute atomic E-state index is 12.3. The lowest BCUT2D eigenvalue weighted by Crippen LogP contribution is -2.29. The monoisotopic (exact) mass is 458 g/mol. The Balaban J connectivity index is 1.31. The van der Waals surface area contributed by atoms with Gasteiger partial charge in [0.25, 0.3) is 5.22 Å². The number of anilines is 2. The highest BCUT2D eigenvalue weighted by molar-refractivity contribution is 7.99. The molecule has 1 fully saturated rings. The molecule has 2 aromatic carbocycles. The van der Waals surface area contributed by atoms with Crippen LogP contribution in [0.25, 0.3) is 11.5 Å². The van der Waals surface area contributed by atoms with Gasteiger partial charge in [-0.3, -0.25) is 4.79 Å². The first-order valence-corrected chi connectivity index (χ1v) is 11.4. The molecule has 0 saturated carbocycles. The molecular weight excluding hydrogens is 436 g/mol. The number of rotatable bonds is 7. The Morgan fingerprint density at radius 3 is 2.65 bits per heavy atom. The molecule has 4 rings (SSSR count). The van der Waals surface area contributed by atoms with E-state index in [2.05, 4.69) is 20.4 Å². The van der Waals surface area contributed by atoms with Crippen LogP contribution in [0.2, 0.25) is 5.02 Å². The molecule has 0 spiro atoms. The number of benzene rings is 2. The smallest absolute Gasteiger partial charge is 0.277 e. The average molecular weight is 459 g/mol. The Morgan fingerprint density at radius 2 is 1.94 bits per heavy atom. The van der Waals surface area contributed by atoms with E-state index in [1.807, 2.05) is 36.4 Å². The lowest BCUT2D eigenvalue weighted by atomic mass is 10.1. The summed E-state index contributed by atoms with van der Waals surface area (Å²) in [4.78, 5) is 14.6. The van der Waals surface area contributed by atoms with Crippen molar-refractivity contribution < 1.29 is 13.9 Å². The van der Waals surface area contributed by atoms with E-state index in [1.54, 1.807) is 13.2 Å². The van der Waals surface area contributed by atoms with Gasteiger partial charge >= 0.3 is 0 Å². The minimum Gasteiger partial charge on any atom is -0.497 e. The van der Waals surface area contributed by atoms with Crippen LogP contribution < -0.4 is 15.0 Å². The standard InChI is InChI=1S/C22H23ClN4O3S/c1-29-17-8-5-15(6-9-17)21-25-26-22(30-21)31-14-20(28)24-16-7-10-19(18(23)13-16)27-11-3-2-4-12-27/h5-10,13H,2-4,11-12,14H2,1H3,(H,24,28). The molecule has 1 aromatic heterocycles. The fraction of sp³-hybridized carbons (Fsp3) is 0.318. The molecule has 31 heavy (non-hydrogen) atoms. The first-order valence-electron chi connectivity index (χ1n) is 10.1. The summed E-state index contributed by atoms with van der Waals surface area (Å²) in [5.41, 5.74) is 2.47. The molecule has 1 N–H and O–H groups in total. The fourth-order valence-electron chi connectivity index (χ4n) is 3.42. The zero-order valence-electron chi connectivity index (χ0n) is 17.1. The first kappa shape index (κ1) is 21.5. The summed E-state index contributed by atoms with van der Waals surface area (Å²) in [5, 5.41) is 11.9. The highest BCUT2D eigenvalue weighted by atomic mass is 35.5. The number of nitrogens with zero attached hydrogens (tertiary/aromatic N) is 3. The van der Waals surface area contributed by atoms with Gasteiger partial charge in [0, 0.05) is 24.3 Å². The van der Waals surface area contributed by atoms with Gasteiger partial charge < -0.3 is 19.4 Å². The number of amides is 1. The van der Waals surface area contributed by atoms with Crippen molar-refractivity contribution >= 4 is 40.6 Å². The van der Waals surface area contributed by atoms with E-state index in [0.29, 0.717) is 21.8 Å². The SMILES string of the molecule is COc1ccc(-c2nnc(SCC(=O)Nc3ccc(N4CCCCC4)c(Cl)c3)o2)cc1. The molecule has 1 aliphatic rings. The van der Waals surface area contributed by atoms with Crippen LogP contribution in [-0.4, -0.2) is 42.1 Å². The van der Waals surface area contributed by atoms with Gasteiger partial charge in [-0.2, -0.15) is 0 Å². The highest BCUT2D eigenvalue weighted by Gasteiger charge is 2.15. The largest absolute Gasteiger partial charge is 0.497 e. The molecule has 162 valence electrons. The van der Waals surface area contributed by atoms with Gasteiger partial charge in [-0.05, 0) is 61.7 Å². The zero-order chi connectivity index (χ0) is 21.6. The van der Waals surface area contributed by atoms with Crippen molar-refractivity contribution in [3.05, 3.63) is 47.5 Å². The number of carbonyl (C=O) groups is 1. The molecule has 0 radical (unpaired) electrons. The van der Waals surface area contributed by atoms with Gasteiger partial charge in [-0.15, -0.1) is 10.2 Å². The minimum atomic E-state index is -0.170. The van der Waals surface area contributed by atoms with E-state index in [0.717, 1.165) is 30.1 Å². The van der Waals surface area contributed by atoms with E-state index in [-0.39, 0.29) is 11.7 Å². The van der Waals surface area contributed by atoms with Crippen molar-refractivity contribution in [2.75, 3.05) is 36.2 Å². The summed E-state index contributed by atoms with van der Waals surface area (Å²) in [6, 6.07) is 13.0. The third-order valence-corrected chi connectivity index (χ3v) is 6.12. The molecule has 9 heteroatoms. The minimum absolute atomic E-state index is 0.149. The number of halogens is 1. The molecule has 2 heterocycles.